The highest BCUT2D eigenvalue weighted by Gasteiger charge is 2.20. The summed E-state index contributed by atoms with van der Waals surface area (Å²) in [5, 5.41) is 1.03. The van der Waals surface area contributed by atoms with E-state index in [4.69, 9.17) is 14.2 Å². The van der Waals surface area contributed by atoms with Crippen molar-refractivity contribution in [1.82, 2.24) is 15.0 Å². The number of hydrogen-bond donors (Lipinski definition) is 2. The van der Waals surface area contributed by atoms with Gasteiger partial charge in [0.15, 0.2) is 11.5 Å². The lowest BCUT2D eigenvalue weighted by Gasteiger charge is -2.13. The highest BCUT2D eigenvalue weighted by molar-refractivity contribution is 6.09. The van der Waals surface area contributed by atoms with Crippen molar-refractivity contribution in [1.29, 1.82) is 0 Å². The molecule has 2 heterocycles. The Morgan fingerprint density at radius 3 is 2.34 bits per heavy atom. The molecule has 0 aliphatic heterocycles. The van der Waals surface area contributed by atoms with Gasteiger partial charge < -0.3 is 24.2 Å². The number of ether oxygens (including phenoxy) is 3. The van der Waals surface area contributed by atoms with Gasteiger partial charge >= 0.3 is 0 Å². The van der Waals surface area contributed by atoms with Gasteiger partial charge in [-0.1, -0.05) is 18.2 Å². The van der Waals surface area contributed by atoms with Crippen LogP contribution in [0.25, 0.3) is 22.3 Å². The van der Waals surface area contributed by atoms with Crippen molar-refractivity contribution >= 4 is 29.1 Å². The van der Waals surface area contributed by atoms with E-state index in [9.17, 15) is 4.79 Å². The largest absolute Gasteiger partial charge is 0.493 e. The summed E-state index contributed by atoms with van der Waals surface area (Å²) in [5.41, 5.74) is 2.68. The number of nitrogens with zero attached hydrogens (tertiary/aromatic N) is 1. The number of rotatable bonds is 6. The lowest BCUT2D eigenvalue weighted by Crippen LogP contribution is -2.04. The lowest BCUT2D eigenvalue weighted by atomic mass is 10.1. The Morgan fingerprint density at radius 1 is 1.00 bits per heavy atom. The van der Waals surface area contributed by atoms with Gasteiger partial charge in [0.05, 0.1) is 27.5 Å². The molecule has 0 aliphatic rings. The van der Waals surface area contributed by atoms with Crippen molar-refractivity contribution in [3.63, 3.8) is 0 Å². The molecule has 0 aliphatic carbocycles. The van der Waals surface area contributed by atoms with E-state index in [2.05, 4.69) is 15.0 Å². The first kappa shape index (κ1) is 20.3. The topological polar surface area (TPSA) is 89.2 Å². The van der Waals surface area contributed by atoms with E-state index in [0.717, 1.165) is 16.5 Å². The molecule has 4 rings (SSSR count). The summed E-state index contributed by atoms with van der Waals surface area (Å²) >= 11 is 0. The molecule has 0 unspecified atom stereocenters. The zero-order chi connectivity index (χ0) is 19.7. The summed E-state index contributed by atoms with van der Waals surface area (Å²) < 4.78 is 16.0. The van der Waals surface area contributed by atoms with Gasteiger partial charge in [-0.25, -0.2) is 4.98 Å². The van der Waals surface area contributed by atoms with Crippen molar-refractivity contribution in [3.05, 3.63) is 60.0 Å². The molecule has 7 nitrogen and oxygen atoms in total. The lowest BCUT2D eigenvalue weighted by molar-refractivity contribution is 0.103. The van der Waals surface area contributed by atoms with Crippen LogP contribution in [-0.4, -0.2) is 42.1 Å². The highest BCUT2D eigenvalue weighted by atomic mass is 35.5. The fourth-order valence-corrected chi connectivity index (χ4v) is 3.21. The highest BCUT2D eigenvalue weighted by Crippen LogP contribution is 2.38. The van der Waals surface area contributed by atoms with Crippen molar-refractivity contribution < 1.29 is 19.0 Å². The number of nitrogens with one attached hydrogen (secondary N) is 2. The van der Waals surface area contributed by atoms with E-state index in [1.165, 1.54) is 27.5 Å². The minimum absolute atomic E-state index is 0. The molecule has 8 heteroatoms. The first-order chi connectivity index (χ1) is 13.7. The van der Waals surface area contributed by atoms with Crippen LogP contribution in [0.2, 0.25) is 0 Å². The average Bonchev–Trinajstić information content (AvgIpc) is 3.38. The summed E-state index contributed by atoms with van der Waals surface area (Å²) in [6.07, 6.45) is 3.40. The van der Waals surface area contributed by atoms with Crippen LogP contribution in [0, 0.1) is 0 Å². The second-order valence-corrected chi connectivity index (χ2v) is 6.14. The van der Waals surface area contributed by atoms with E-state index < -0.39 is 0 Å². The Kier molecular flexibility index (Phi) is 5.79. The summed E-state index contributed by atoms with van der Waals surface area (Å²) in [6.45, 7) is 0. The maximum Gasteiger partial charge on any atom is 0.211 e. The summed E-state index contributed by atoms with van der Waals surface area (Å²) in [5.74, 6) is 1.67. The number of hydrogen-bond acceptors (Lipinski definition) is 5. The van der Waals surface area contributed by atoms with Gasteiger partial charge in [0.1, 0.15) is 11.5 Å². The van der Waals surface area contributed by atoms with Crippen LogP contribution >= 0.6 is 12.4 Å². The number of benzene rings is 2. The zero-order valence-electron chi connectivity index (χ0n) is 16.1. The van der Waals surface area contributed by atoms with Crippen LogP contribution in [0.1, 0.15) is 16.1 Å². The van der Waals surface area contributed by atoms with Gasteiger partial charge in [0.25, 0.3) is 0 Å². The molecule has 2 aromatic heterocycles. The molecule has 150 valence electrons. The number of H-pyrrole nitrogens is 2. The predicted molar refractivity (Wildman–Crippen MR) is 113 cm³/mol. The second-order valence-electron chi connectivity index (χ2n) is 6.14. The number of carbonyl (C=O) groups is 1. The summed E-state index contributed by atoms with van der Waals surface area (Å²) in [6, 6.07) is 11.2. The van der Waals surface area contributed by atoms with Gasteiger partial charge in [0, 0.05) is 28.2 Å². The number of ketones is 1. The third-order valence-electron chi connectivity index (χ3n) is 4.59. The maximum atomic E-state index is 13.0. The van der Waals surface area contributed by atoms with Crippen molar-refractivity contribution in [2.24, 2.45) is 0 Å². The van der Waals surface area contributed by atoms with Crippen LogP contribution in [0.4, 0.5) is 0 Å². The smallest absolute Gasteiger partial charge is 0.211 e. The van der Waals surface area contributed by atoms with Gasteiger partial charge in [-0.3, -0.25) is 4.79 Å². The Labute approximate surface area is 173 Å². The third kappa shape index (κ3) is 3.52. The molecule has 0 saturated heterocycles. The summed E-state index contributed by atoms with van der Waals surface area (Å²) in [7, 11) is 4.54. The quantitative estimate of drug-likeness (QED) is 0.461. The molecule has 0 atom stereocenters. The number of aromatic nitrogens is 3. The molecule has 2 N–H and O–H groups in total. The second kappa shape index (κ2) is 8.28. The number of halogens is 1. The fraction of sp³-hybridized carbons (Fsp3) is 0.143. The summed E-state index contributed by atoms with van der Waals surface area (Å²) in [4.78, 5) is 23.7. The molecule has 0 spiro atoms. The number of carbonyl (C=O) groups excluding carboxylic acids is 1. The number of methoxy groups -OCH3 is 3. The number of imidazole rings is 1. The van der Waals surface area contributed by atoms with Crippen LogP contribution in [0.15, 0.2) is 48.8 Å². The minimum atomic E-state index is -0.224. The average molecular weight is 414 g/mol. The Balaban J connectivity index is 0.00000240. The normalized spacial score (nSPS) is 10.4. The van der Waals surface area contributed by atoms with Crippen LogP contribution in [-0.2, 0) is 0 Å². The van der Waals surface area contributed by atoms with Crippen LogP contribution in [0.5, 0.6) is 17.2 Å². The predicted octanol–water partition coefficient (Wildman–Crippen LogP) is 4.24. The fourth-order valence-electron chi connectivity index (χ4n) is 3.21. The molecule has 29 heavy (non-hydrogen) atoms. The van der Waals surface area contributed by atoms with E-state index in [-0.39, 0.29) is 18.2 Å². The van der Waals surface area contributed by atoms with Crippen LogP contribution in [0.3, 0.4) is 0 Å². The van der Waals surface area contributed by atoms with E-state index in [1.54, 1.807) is 12.1 Å². The molecule has 0 saturated carbocycles. The van der Waals surface area contributed by atoms with Gasteiger partial charge in [-0.2, -0.15) is 0 Å². The van der Waals surface area contributed by atoms with Crippen LogP contribution < -0.4 is 14.2 Å². The maximum absolute atomic E-state index is 13.0. The molecule has 0 radical (unpaired) electrons. The molecular formula is C21H20ClN3O4. The first-order valence-corrected chi connectivity index (χ1v) is 8.62. The van der Waals surface area contributed by atoms with Crippen molar-refractivity contribution in [2.45, 2.75) is 0 Å². The van der Waals surface area contributed by atoms with E-state index in [1.807, 2.05) is 30.5 Å². The third-order valence-corrected chi connectivity index (χ3v) is 4.59. The van der Waals surface area contributed by atoms with Crippen molar-refractivity contribution in [2.75, 3.05) is 21.3 Å². The Bertz CT molecular complexity index is 1140. The number of aromatic amines is 2. The molecule has 4 aromatic rings. The van der Waals surface area contributed by atoms with Gasteiger partial charge in [0.2, 0.25) is 11.5 Å². The Morgan fingerprint density at radius 2 is 1.69 bits per heavy atom. The van der Waals surface area contributed by atoms with Gasteiger partial charge in [-0.05, 0) is 18.2 Å². The molecule has 0 bridgehead atoms. The first-order valence-electron chi connectivity index (χ1n) is 8.62. The molecule has 0 fully saturated rings. The molecular weight excluding hydrogens is 394 g/mol. The SMILES string of the molecule is COc1cc(C(=O)c2cnc(-c3c[nH]c4ccccc34)[nH]2)cc(OC)c1OC.Cl. The minimum Gasteiger partial charge on any atom is -0.493 e. The number of fused-ring (bicyclic) bond motifs is 1. The molecule has 0 amide bonds. The monoisotopic (exact) mass is 413 g/mol. The van der Waals surface area contributed by atoms with Crippen molar-refractivity contribution in [3.8, 4) is 28.6 Å². The zero-order valence-corrected chi connectivity index (χ0v) is 16.9. The van der Waals surface area contributed by atoms with E-state index >= 15 is 0 Å². The Hall–Kier alpha value is -3.45. The van der Waals surface area contributed by atoms with E-state index in [0.29, 0.717) is 34.3 Å². The number of para-hydroxylation sites is 1. The molecule has 2 aromatic carbocycles. The van der Waals surface area contributed by atoms with Gasteiger partial charge in [-0.15, -0.1) is 12.4 Å². The standard InChI is InChI=1S/C21H19N3O4.ClH/c1-26-17-8-12(9-18(27-2)20(17)28-3)19(25)16-11-23-21(24-16)14-10-22-15-7-5-4-6-13(14)15;/h4-11,22H,1-3H3,(H,23,24);1H.